The number of hydrogen-bond acceptors (Lipinski definition) is 3. The smallest absolute Gasteiger partial charge is 0.124 e. The molecule has 0 bridgehead atoms. The summed E-state index contributed by atoms with van der Waals surface area (Å²) in [6, 6.07) is 1.69. The van der Waals surface area contributed by atoms with E-state index in [0.717, 1.165) is 0 Å². The van der Waals surface area contributed by atoms with Gasteiger partial charge in [0.1, 0.15) is 12.4 Å². The normalized spacial score (nSPS) is 15.4. The Labute approximate surface area is 65.0 Å². The molecule has 2 unspecified atom stereocenters. The molecule has 0 fully saturated rings. The molecule has 1 aromatic rings. The van der Waals surface area contributed by atoms with Crippen molar-refractivity contribution in [3.8, 4) is 12.3 Å². The molecule has 0 spiro atoms. The first-order chi connectivity index (χ1) is 5.25. The van der Waals surface area contributed by atoms with Crippen molar-refractivity contribution < 1.29 is 9.63 Å². The molecule has 0 radical (unpaired) electrons. The Morgan fingerprint density at radius 2 is 2.55 bits per heavy atom. The quantitative estimate of drug-likeness (QED) is 0.635. The minimum absolute atomic E-state index is 0.168. The van der Waals surface area contributed by atoms with Gasteiger partial charge in [-0.2, -0.15) is 0 Å². The van der Waals surface area contributed by atoms with Gasteiger partial charge in [-0.25, -0.2) is 0 Å². The molecule has 0 aliphatic heterocycles. The molecule has 1 aromatic heterocycles. The van der Waals surface area contributed by atoms with Gasteiger partial charge in [-0.1, -0.05) is 18.0 Å². The van der Waals surface area contributed by atoms with E-state index in [2.05, 4.69) is 15.6 Å². The molecule has 1 heterocycles. The van der Waals surface area contributed by atoms with Crippen LogP contribution in [0, 0.1) is 12.3 Å². The Hall–Kier alpha value is -1.27. The SMILES string of the molecule is C#CC(O)C(C)c1ccon1. The third kappa shape index (κ3) is 1.60. The molecule has 1 N–H and O–H groups in total. The lowest BCUT2D eigenvalue weighted by molar-refractivity contribution is 0.202. The molecule has 1 rings (SSSR count). The summed E-state index contributed by atoms with van der Waals surface area (Å²) in [5.74, 6) is 2.06. The van der Waals surface area contributed by atoms with Crippen LogP contribution in [0.3, 0.4) is 0 Å². The van der Waals surface area contributed by atoms with Gasteiger partial charge >= 0.3 is 0 Å². The highest BCUT2D eigenvalue weighted by atomic mass is 16.5. The largest absolute Gasteiger partial charge is 0.380 e. The molecule has 0 amide bonds. The maximum atomic E-state index is 9.18. The number of aromatic nitrogens is 1. The van der Waals surface area contributed by atoms with Crippen molar-refractivity contribution >= 4 is 0 Å². The van der Waals surface area contributed by atoms with Crippen LogP contribution in [-0.4, -0.2) is 16.4 Å². The first-order valence-electron chi connectivity index (χ1n) is 3.30. The van der Waals surface area contributed by atoms with Crippen LogP contribution in [0.4, 0.5) is 0 Å². The Morgan fingerprint density at radius 1 is 1.82 bits per heavy atom. The van der Waals surface area contributed by atoms with Gasteiger partial charge in [-0.15, -0.1) is 6.42 Å². The predicted octanol–water partition coefficient (Wildman–Crippen LogP) is 0.772. The average Bonchev–Trinajstić information content (AvgIpc) is 2.53. The summed E-state index contributed by atoms with van der Waals surface area (Å²) in [5, 5.41) is 12.8. The zero-order valence-electron chi connectivity index (χ0n) is 6.19. The first kappa shape index (κ1) is 7.83. The molecule has 0 saturated heterocycles. The van der Waals surface area contributed by atoms with Gasteiger partial charge in [0.2, 0.25) is 0 Å². The summed E-state index contributed by atoms with van der Waals surface area (Å²) in [4.78, 5) is 0. The third-order valence-corrected chi connectivity index (χ3v) is 1.57. The van der Waals surface area contributed by atoms with Gasteiger partial charge in [0.25, 0.3) is 0 Å². The minimum atomic E-state index is -0.792. The Kier molecular flexibility index (Phi) is 2.29. The van der Waals surface area contributed by atoms with E-state index < -0.39 is 6.10 Å². The molecule has 3 nitrogen and oxygen atoms in total. The van der Waals surface area contributed by atoms with Crippen molar-refractivity contribution in [2.45, 2.75) is 18.9 Å². The van der Waals surface area contributed by atoms with Crippen molar-refractivity contribution in [3.63, 3.8) is 0 Å². The average molecular weight is 151 g/mol. The molecule has 58 valence electrons. The Bertz CT molecular complexity index is 248. The van der Waals surface area contributed by atoms with E-state index in [9.17, 15) is 5.11 Å². The van der Waals surface area contributed by atoms with Gasteiger partial charge < -0.3 is 9.63 Å². The summed E-state index contributed by atoms with van der Waals surface area (Å²) >= 11 is 0. The lowest BCUT2D eigenvalue weighted by Crippen LogP contribution is -2.13. The van der Waals surface area contributed by atoms with Crippen LogP contribution in [0.25, 0.3) is 0 Å². The molecule has 0 aliphatic carbocycles. The zero-order valence-corrected chi connectivity index (χ0v) is 6.19. The molecule has 0 aliphatic rings. The van der Waals surface area contributed by atoms with Crippen molar-refractivity contribution in [1.29, 1.82) is 0 Å². The van der Waals surface area contributed by atoms with E-state index in [1.165, 1.54) is 6.26 Å². The van der Waals surface area contributed by atoms with Crippen LogP contribution in [0.15, 0.2) is 16.9 Å². The topological polar surface area (TPSA) is 46.3 Å². The summed E-state index contributed by atoms with van der Waals surface area (Å²) in [5.41, 5.74) is 0.676. The van der Waals surface area contributed by atoms with E-state index in [4.69, 9.17) is 6.42 Å². The Morgan fingerprint density at radius 3 is 3.00 bits per heavy atom. The number of aliphatic hydroxyl groups is 1. The fourth-order valence-corrected chi connectivity index (χ4v) is 0.763. The van der Waals surface area contributed by atoms with Crippen LogP contribution < -0.4 is 0 Å². The highest BCUT2D eigenvalue weighted by Crippen LogP contribution is 2.15. The van der Waals surface area contributed by atoms with Crippen LogP contribution in [-0.2, 0) is 0 Å². The molecule has 3 heteroatoms. The second-order valence-corrected chi connectivity index (χ2v) is 2.32. The van der Waals surface area contributed by atoms with Crippen LogP contribution >= 0.6 is 0 Å². The van der Waals surface area contributed by atoms with Crippen molar-refractivity contribution in [2.24, 2.45) is 0 Å². The maximum absolute atomic E-state index is 9.18. The van der Waals surface area contributed by atoms with Crippen molar-refractivity contribution in [1.82, 2.24) is 5.16 Å². The van der Waals surface area contributed by atoms with Crippen LogP contribution in [0.2, 0.25) is 0 Å². The fraction of sp³-hybridized carbons (Fsp3) is 0.375. The van der Waals surface area contributed by atoms with Crippen molar-refractivity contribution in [2.75, 3.05) is 0 Å². The highest BCUT2D eigenvalue weighted by molar-refractivity contribution is 5.11. The highest BCUT2D eigenvalue weighted by Gasteiger charge is 2.15. The number of rotatable bonds is 2. The van der Waals surface area contributed by atoms with Crippen molar-refractivity contribution in [3.05, 3.63) is 18.0 Å². The number of terminal acetylenes is 1. The van der Waals surface area contributed by atoms with E-state index in [-0.39, 0.29) is 5.92 Å². The molecule has 11 heavy (non-hydrogen) atoms. The van der Waals surface area contributed by atoms with E-state index >= 15 is 0 Å². The number of hydrogen-bond donors (Lipinski definition) is 1. The fourth-order valence-electron chi connectivity index (χ4n) is 0.763. The number of aliphatic hydroxyl groups excluding tert-OH is 1. The minimum Gasteiger partial charge on any atom is -0.380 e. The van der Waals surface area contributed by atoms with Crippen LogP contribution in [0.1, 0.15) is 18.5 Å². The van der Waals surface area contributed by atoms with Gasteiger partial charge in [0.15, 0.2) is 0 Å². The standard InChI is InChI=1S/C8H9NO2/c1-3-8(10)6(2)7-4-5-11-9-7/h1,4-6,8,10H,2H3. The van der Waals surface area contributed by atoms with Gasteiger partial charge in [0, 0.05) is 12.0 Å². The summed E-state index contributed by atoms with van der Waals surface area (Å²) in [7, 11) is 0. The monoisotopic (exact) mass is 151 g/mol. The predicted molar refractivity (Wildman–Crippen MR) is 39.8 cm³/mol. The lowest BCUT2D eigenvalue weighted by atomic mass is 10.0. The second-order valence-electron chi connectivity index (χ2n) is 2.32. The summed E-state index contributed by atoms with van der Waals surface area (Å²) < 4.78 is 4.60. The molecule has 2 atom stereocenters. The Balaban J connectivity index is 2.71. The summed E-state index contributed by atoms with van der Waals surface area (Å²) in [6.45, 7) is 1.79. The van der Waals surface area contributed by atoms with Gasteiger partial charge in [-0.3, -0.25) is 0 Å². The zero-order chi connectivity index (χ0) is 8.27. The lowest BCUT2D eigenvalue weighted by Gasteiger charge is -2.08. The maximum Gasteiger partial charge on any atom is 0.124 e. The number of nitrogens with zero attached hydrogens (tertiary/aromatic N) is 1. The molecule has 0 aromatic carbocycles. The van der Waals surface area contributed by atoms with E-state index in [0.29, 0.717) is 5.69 Å². The summed E-state index contributed by atoms with van der Waals surface area (Å²) in [6.07, 6.45) is 5.68. The van der Waals surface area contributed by atoms with E-state index in [1.807, 2.05) is 0 Å². The van der Waals surface area contributed by atoms with E-state index in [1.54, 1.807) is 13.0 Å². The van der Waals surface area contributed by atoms with Gasteiger partial charge in [0.05, 0.1) is 5.69 Å². The third-order valence-electron chi connectivity index (χ3n) is 1.57. The molecular formula is C8H9NO2. The molecular weight excluding hydrogens is 142 g/mol. The second kappa shape index (κ2) is 3.22. The van der Waals surface area contributed by atoms with Crippen LogP contribution in [0.5, 0.6) is 0 Å². The van der Waals surface area contributed by atoms with Gasteiger partial charge in [-0.05, 0) is 0 Å². The molecule has 0 saturated carbocycles. The first-order valence-corrected chi connectivity index (χ1v) is 3.30.